The van der Waals surface area contributed by atoms with Crippen LogP contribution in [0.3, 0.4) is 0 Å². The molecule has 2 rings (SSSR count). The van der Waals surface area contributed by atoms with Gasteiger partial charge in [0.1, 0.15) is 4.99 Å². The molecule has 1 heterocycles. The minimum atomic E-state index is 0.0138. The number of nitrogens with zero attached hydrogens (tertiary/aromatic N) is 1. The van der Waals surface area contributed by atoms with Crippen molar-refractivity contribution in [2.45, 2.75) is 19.4 Å². The second-order valence-corrected chi connectivity index (χ2v) is 5.04. The molecule has 1 aliphatic heterocycles. The lowest BCUT2D eigenvalue weighted by Crippen LogP contribution is -2.45. The summed E-state index contributed by atoms with van der Waals surface area (Å²) in [4.78, 5) is 14.6. The molecule has 1 amide bonds. The van der Waals surface area contributed by atoms with Crippen LogP contribution < -0.4 is 5.73 Å². The van der Waals surface area contributed by atoms with Gasteiger partial charge < -0.3 is 15.4 Å². The molecule has 2 N–H and O–H groups in total. The molecule has 1 aromatic carbocycles. The van der Waals surface area contributed by atoms with E-state index in [0.29, 0.717) is 30.2 Å². The van der Waals surface area contributed by atoms with E-state index in [2.05, 4.69) is 6.92 Å². The predicted octanol–water partition coefficient (Wildman–Crippen LogP) is 1.57. The Labute approximate surface area is 118 Å². The largest absolute Gasteiger partial charge is 0.389 e. The van der Waals surface area contributed by atoms with E-state index < -0.39 is 0 Å². The first-order valence-corrected chi connectivity index (χ1v) is 6.83. The Morgan fingerprint density at radius 1 is 1.53 bits per heavy atom. The van der Waals surface area contributed by atoms with E-state index in [1.54, 1.807) is 18.2 Å². The van der Waals surface area contributed by atoms with Crippen molar-refractivity contribution in [2.24, 2.45) is 5.73 Å². The average Bonchev–Trinajstić information content (AvgIpc) is 2.46. The number of benzene rings is 1. The number of carbonyl (C=O) groups is 1. The van der Waals surface area contributed by atoms with Crippen LogP contribution in [0.2, 0.25) is 0 Å². The molecule has 0 saturated carbocycles. The molecule has 0 spiro atoms. The Bertz CT molecular complexity index is 490. The molecule has 1 unspecified atom stereocenters. The van der Waals surface area contributed by atoms with E-state index in [1.165, 1.54) is 0 Å². The highest BCUT2D eigenvalue weighted by atomic mass is 32.1. The molecule has 19 heavy (non-hydrogen) atoms. The molecule has 1 fully saturated rings. The van der Waals surface area contributed by atoms with Crippen molar-refractivity contribution in [3.05, 3.63) is 35.4 Å². The van der Waals surface area contributed by atoms with E-state index in [4.69, 9.17) is 22.7 Å². The van der Waals surface area contributed by atoms with E-state index >= 15 is 0 Å². The summed E-state index contributed by atoms with van der Waals surface area (Å²) >= 11 is 4.94. The predicted molar refractivity (Wildman–Crippen MR) is 78.3 cm³/mol. The van der Waals surface area contributed by atoms with Gasteiger partial charge in [0.25, 0.3) is 5.91 Å². The SMILES string of the molecule is CCC1CN(C(=O)c2cccc(C(N)=S)c2)CCO1. The molecule has 1 saturated heterocycles. The lowest BCUT2D eigenvalue weighted by Gasteiger charge is -2.32. The molecular formula is C14H18N2O2S. The van der Waals surface area contributed by atoms with Crippen molar-refractivity contribution in [3.63, 3.8) is 0 Å². The van der Waals surface area contributed by atoms with Crippen molar-refractivity contribution in [1.29, 1.82) is 0 Å². The maximum absolute atomic E-state index is 12.4. The zero-order chi connectivity index (χ0) is 13.8. The molecule has 102 valence electrons. The molecular weight excluding hydrogens is 260 g/mol. The van der Waals surface area contributed by atoms with Gasteiger partial charge in [-0.05, 0) is 18.6 Å². The molecule has 1 aromatic rings. The normalized spacial score (nSPS) is 19.2. The summed E-state index contributed by atoms with van der Waals surface area (Å²) in [7, 11) is 0. The van der Waals surface area contributed by atoms with Gasteiger partial charge in [-0.2, -0.15) is 0 Å². The summed E-state index contributed by atoms with van der Waals surface area (Å²) in [6.45, 7) is 3.94. The van der Waals surface area contributed by atoms with Crippen LogP contribution in [-0.4, -0.2) is 41.6 Å². The Morgan fingerprint density at radius 3 is 2.95 bits per heavy atom. The molecule has 1 atom stereocenters. The van der Waals surface area contributed by atoms with Gasteiger partial charge in [-0.3, -0.25) is 4.79 Å². The van der Waals surface area contributed by atoms with Crippen molar-refractivity contribution >= 4 is 23.1 Å². The smallest absolute Gasteiger partial charge is 0.254 e. The fourth-order valence-corrected chi connectivity index (χ4v) is 2.27. The Morgan fingerprint density at radius 2 is 2.26 bits per heavy atom. The van der Waals surface area contributed by atoms with E-state index in [0.717, 1.165) is 12.0 Å². The van der Waals surface area contributed by atoms with E-state index in [-0.39, 0.29) is 12.0 Å². The van der Waals surface area contributed by atoms with Gasteiger partial charge in [0.2, 0.25) is 0 Å². The Kier molecular flexibility index (Phi) is 4.50. The molecule has 0 aromatic heterocycles. The van der Waals surface area contributed by atoms with Gasteiger partial charge in [0.15, 0.2) is 0 Å². The second kappa shape index (κ2) is 6.12. The van der Waals surface area contributed by atoms with Gasteiger partial charge >= 0.3 is 0 Å². The zero-order valence-electron chi connectivity index (χ0n) is 11.0. The van der Waals surface area contributed by atoms with Crippen molar-refractivity contribution in [3.8, 4) is 0 Å². The molecule has 0 radical (unpaired) electrons. The Hall–Kier alpha value is -1.46. The highest BCUT2D eigenvalue weighted by molar-refractivity contribution is 7.80. The fraction of sp³-hybridized carbons (Fsp3) is 0.429. The highest BCUT2D eigenvalue weighted by Crippen LogP contribution is 2.13. The third-order valence-corrected chi connectivity index (χ3v) is 3.51. The second-order valence-electron chi connectivity index (χ2n) is 4.60. The van der Waals surface area contributed by atoms with Crippen LogP contribution in [-0.2, 0) is 4.74 Å². The lowest BCUT2D eigenvalue weighted by atomic mass is 10.1. The third-order valence-electron chi connectivity index (χ3n) is 3.28. The summed E-state index contributed by atoms with van der Waals surface area (Å²) in [6.07, 6.45) is 1.05. The van der Waals surface area contributed by atoms with Gasteiger partial charge in [0, 0.05) is 24.2 Å². The van der Waals surface area contributed by atoms with Crippen LogP contribution in [0.1, 0.15) is 29.3 Å². The monoisotopic (exact) mass is 278 g/mol. The minimum absolute atomic E-state index is 0.0138. The van der Waals surface area contributed by atoms with Gasteiger partial charge in [-0.25, -0.2) is 0 Å². The number of ether oxygens (including phenoxy) is 1. The van der Waals surface area contributed by atoms with Crippen molar-refractivity contribution in [2.75, 3.05) is 19.7 Å². The minimum Gasteiger partial charge on any atom is -0.389 e. The van der Waals surface area contributed by atoms with E-state index in [1.807, 2.05) is 11.0 Å². The molecule has 4 nitrogen and oxygen atoms in total. The van der Waals surface area contributed by atoms with Gasteiger partial charge in [0.05, 0.1) is 12.7 Å². The Balaban J connectivity index is 2.14. The number of thiocarbonyl (C=S) groups is 1. The number of rotatable bonds is 3. The summed E-state index contributed by atoms with van der Waals surface area (Å²) in [5, 5.41) is 0. The van der Waals surface area contributed by atoms with Crippen LogP contribution >= 0.6 is 12.2 Å². The maximum Gasteiger partial charge on any atom is 0.254 e. The number of hydrogen-bond acceptors (Lipinski definition) is 3. The zero-order valence-corrected chi connectivity index (χ0v) is 11.8. The quantitative estimate of drug-likeness (QED) is 0.853. The van der Waals surface area contributed by atoms with Crippen LogP contribution in [0.25, 0.3) is 0 Å². The molecule has 0 bridgehead atoms. The lowest BCUT2D eigenvalue weighted by molar-refractivity contribution is -0.0226. The van der Waals surface area contributed by atoms with Crippen LogP contribution in [0.5, 0.6) is 0 Å². The van der Waals surface area contributed by atoms with Crippen LogP contribution in [0, 0.1) is 0 Å². The molecule has 5 heteroatoms. The standard InChI is InChI=1S/C14H18N2O2S/c1-2-12-9-16(6-7-18-12)14(17)11-5-3-4-10(8-11)13(15)19/h3-5,8,12H,2,6-7,9H2,1H3,(H2,15,19). The van der Waals surface area contributed by atoms with Gasteiger partial charge in [-0.1, -0.05) is 31.3 Å². The number of carbonyl (C=O) groups excluding carboxylic acids is 1. The number of amides is 1. The van der Waals surface area contributed by atoms with Crippen LogP contribution in [0.4, 0.5) is 0 Å². The molecule has 0 aliphatic carbocycles. The third kappa shape index (κ3) is 3.30. The maximum atomic E-state index is 12.4. The van der Waals surface area contributed by atoms with Crippen LogP contribution in [0.15, 0.2) is 24.3 Å². The van der Waals surface area contributed by atoms with Crippen molar-refractivity contribution < 1.29 is 9.53 Å². The number of morpholine rings is 1. The van der Waals surface area contributed by atoms with E-state index in [9.17, 15) is 4.79 Å². The summed E-state index contributed by atoms with van der Waals surface area (Å²) in [5.74, 6) is 0.0138. The summed E-state index contributed by atoms with van der Waals surface area (Å²) in [6, 6.07) is 7.16. The van der Waals surface area contributed by atoms with Gasteiger partial charge in [-0.15, -0.1) is 0 Å². The fourth-order valence-electron chi connectivity index (χ4n) is 2.14. The topological polar surface area (TPSA) is 55.6 Å². The summed E-state index contributed by atoms with van der Waals surface area (Å²) in [5.41, 5.74) is 6.94. The number of hydrogen-bond donors (Lipinski definition) is 1. The first kappa shape index (κ1) is 14.0. The highest BCUT2D eigenvalue weighted by Gasteiger charge is 2.24. The average molecular weight is 278 g/mol. The summed E-state index contributed by atoms with van der Waals surface area (Å²) < 4.78 is 5.57. The first-order chi connectivity index (χ1) is 9.11. The number of nitrogens with two attached hydrogens (primary N) is 1. The first-order valence-electron chi connectivity index (χ1n) is 6.42. The van der Waals surface area contributed by atoms with Crippen molar-refractivity contribution in [1.82, 2.24) is 4.90 Å². The molecule has 1 aliphatic rings.